The van der Waals surface area contributed by atoms with E-state index >= 15 is 0 Å². The molecule has 188 valence electrons. The maximum atomic E-state index is 11.7. The van der Waals surface area contributed by atoms with E-state index in [0.29, 0.717) is 23.3 Å². The first-order chi connectivity index (χ1) is 16.4. The van der Waals surface area contributed by atoms with Crippen LogP contribution in [0.4, 0.5) is 22.5 Å². The highest BCUT2D eigenvalue weighted by atomic mass is 32.2. The Kier molecular flexibility index (Phi) is 8.06. The third-order valence-corrected chi connectivity index (χ3v) is 6.95. The zero-order valence-corrected chi connectivity index (χ0v) is 20.9. The van der Waals surface area contributed by atoms with E-state index in [-0.39, 0.29) is 34.5 Å². The van der Waals surface area contributed by atoms with Gasteiger partial charge in [-0.3, -0.25) is 13.9 Å². The van der Waals surface area contributed by atoms with E-state index in [1.54, 1.807) is 4.90 Å². The van der Waals surface area contributed by atoms with Gasteiger partial charge in [0.2, 0.25) is 11.7 Å². The summed E-state index contributed by atoms with van der Waals surface area (Å²) in [5, 5.41) is 11.2. The first-order valence-electron chi connectivity index (χ1n) is 10.0. The molecule has 3 rings (SSSR count). The molecule has 0 radical (unpaired) electrons. The normalized spacial score (nSPS) is 12.3. The number of hydrogen-bond acceptors (Lipinski definition) is 12. The van der Waals surface area contributed by atoms with E-state index in [1.165, 1.54) is 31.3 Å². The van der Waals surface area contributed by atoms with Gasteiger partial charge in [0.1, 0.15) is 5.82 Å². The lowest BCUT2D eigenvalue weighted by Crippen LogP contribution is -2.27. The largest absolute Gasteiger partial charge is 0.356 e. The summed E-state index contributed by atoms with van der Waals surface area (Å²) in [6.07, 6.45) is 1.52. The maximum absolute atomic E-state index is 11.7. The first kappa shape index (κ1) is 26.5. The topological polar surface area (TPSA) is 204 Å². The van der Waals surface area contributed by atoms with Gasteiger partial charge in [-0.15, -0.1) is 10.2 Å². The second-order valence-corrected chi connectivity index (χ2v) is 10.9. The number of carbonyl (C=O) groups is 1. The second kappa shape index (κ2) is 10.6. The average Bonchev–Trinajstić information content (AvgIpc) is 3.16. The van der Waals surface area contributed by atoms with Gasteiger partial charge in [-0.05, 0) is 43.1 Å². The molecule has 0 aliphatic rings. The molecule has 0 aliphatic carbocycles. The third-order valence-electron chi connectivity index (χ3n) is 4.53. The number of fused-ring (bicyclic) bond motifs is 1. The van der Waals surface area contributed by atoms with Crippen molar-refractivity contribution in [2.45, 2.75) is 25.2 Å². The Labute approximate surface area is 204 Å². The van der Waals surface area contributed by atoms with Gasteiger partial charge in [-0.25, -0.2) is 9.97 Å². The summed E-state index contributed by atoms with van der Waals surface area (Å²) in [4.78, 5) is 21.6. The summed E-state index contributed by atoms with van der Waals surface area (Å²) in [6.45, 7) is 3.79. The molecule has 14 nitrogen and oxygen atoms in total. The highest BCUT2D eigenvalue weighted by molar-refractivity contribution is 7.86. The predicted octanol–water partition coefficient (Wildman–Crippen LogP) is 2.81. The fraction of sp³-hybridized carbons (Fsp3) is 0.333. The number of nitrogens with zero attached hydrogens (tertiary/aromatic N) is 6. The molecule has 0 saturated carbocycles. The van der Waals surface area contributed by atoms with Gasteiger partial charge in [0.05, 0.1) is 22.4 Å². The number of carbonyl (C=O) groups excluding carboxylic acids is 1. The second-order valence-electron chi connectivity index (χ2n) is 7.14. The minimum Gasteiger partial charge on any atom is -0.356 e. The van der Waals surface area contributed by atoms with Gasteiger partial charge in [0, 0.05) is 25.4 Å². The molecule has 0 fully saturated rings. The molecule has 2 heterocycles. The molecular formula is C18H21N7O7S3. The first-order valence-corrected chi connectivity index (χ1v) is 13.8. The van der Waals surface area contributed by atoms with Crippen LogP contribution in [0.3, 0.4) is 0 Å². The van der Waals surface area contributed by atoms with Crippen molar-refractivity contribution in [1.82, 2.24) is 14.3 Å². The lowest BCUT2D eigenvalue weighted by atomic mass is 10.2. The molecule has 0 saturated heterocycles. The quantitative estimate of drug-likeness (QED) is 0.250. The summed E-state index contributed by atoms with van der Waals surface area (Å²) in [5.74, 6) is -0.552. The van der Waals surface area contributed by atoms with Crippen LogP contribution in [0.2, 0.25) is 0 Å². The van der Waals surface area contributed by atoms with Crippen LogP contribution in [0.5, 0.6) is 0 Å². The lowest BCUT2D eigenvalue weighted by Gasteiger charge is -2.22. The van der Waals surface area contributed by atoms with Gasteiger partial charge < -0.3 is 10.2 Å². The van der Waals surface area contributed by atoms with E-state index in [1.807, 2.05) is 6.92 Å². The van der Waals surface area contributed by atoms with Crippen LogP contribution in [-0.2, 0) is 25.0 Å². The Morgan fingerprint density at radius 3 is 2.57 bits per heavy atom. The van der Waals surface area contributed by atoms with Crippen molar-refractivity contribution in [3.8, 4) is 0 Å². The number of nitrogens with one attached hydrogen (secondary N) is 1. The van der Waals surface area contributed by atoms with Crippen molar-refractivity contribution in [2.75, 3.05) is 29.1 Å². The molecular weight excluding hydrogens is 522 g/mol. The van der Waals surface area contributed by atoms with Crippen LogP contribution >= 0.6 is 11.5 Å². The molecule has 3 aromatic rings. The number of hydrogen-bond donors (Lipinski definition) is 3. The Bertz CT molecular complexity index is 1490. The smallest absolute Gasteiger partial charge is 0.294 e. The number of rotatable bonds is 10. The van der Waals surface area contributed by atoms with Crippen molar-refractivity contribution in [2.24, 2.45) is 10.2 Å². The van der Waals surface area contributed by atoms with Crippen LogP contribution in [0.1, 0.15) is 20.3 Å². The van der Waals surface area contributed by atoms with Crippen molar-refractivity contribution < 1.29 is 30.7 Å². The lowest BCUT2D eigenvalue weighted by molar-refractivity contribution is -0.114. The molecule has 0 aliphatic heterocycles. The Morgan fingerprint density at radius 2 is 1.94 bits per heavy atom. The molecule has 0 spiro atoms. The molecule has 0 unspecified atom stereocenters. The monoisotopic (exact) mass is 543 g/mol. The SMILES string of the molecule is CCN(CCCS(=O)(=O)O)c1cnc(N=Nc2snc3ccc(S(=O)(=O)O)cc23)c(NC(C)=O)n1. The average molecular weight is 544 g/mol. The summed E-state index contributed by atoms with van der Waals surface area (Å²) in [6, 6.07) is 3.86. The predicted molar refractivity (Wildman–Crippen MR) is 129 cm³/mol. The number of azo groups is 1. The maximum Gasteiger partial charge on any atom is 0.294 e. The number of benzene rings is 1. The van der Waals surface area contributed by atoms with Crippen molar-refractivity contribution in [1.29, 1.82) is 0 Å². The van der Waals surface area contributed by atoms with Gasteiger partial charge in [0.15, 0.2) is 10.8 Å². The van der Waals surface area contributed by atoms with E-state index in [2.05, 4.69) is 29.9 Å². The van der Waals surface area contributed by atoms with E-state index in [4.69, 9.17) is 4.55 Å². The van der Waals surface area contributed by atoms with Crippen LogP contribution in [0.15, 0.2) is 39.5 Å². The Hall–Kier alpha value is -3.12. The Balaban J connectivity index is 1.92. The van der Waals surface area contributed by atoms with Crippen molar-refractivity contribution in [3.05, 3.63) is 24.4 Å². The molecule has 1 aromatic carbocycles. The summed E-state index contributed by atoms with van der Waals surface area (Å²) in [7, 11) is -8.52. The van der Waals surface area contributed by atoms with E-state index in [0.717, 1.165) is 11.5 Å². The van der Waals surface area contributed by atoms with E-state index < -0.39 is 31.9 Å². The molecule has 3 N–H and O–H groups in total. The molecule has 35 heavy (non-hydrogen) atoms. The highest BCUT2D eigenvalue weighted by Gasteiger charge is 2.16. The van der Waals surface area contributed by atoms with Crippen LogP contribution in [0, 0.1) is 0 Å². The Morgan fingerprint density at radius 1 is 1.20 bits per heavy atom. The van der Waals surface area contributed by atoms with Crippen molar-refractivity contribution >= 4 is 71.0 Å². The van der Waals surface area contributed by atoms with E-state index in [9.17, 15) is 26.2 Å². The summed E-state index contributed by atoms with van der Waals surface area (Å²) in [5.41, 5.74) is 0.448. The highest BCUT2D eigenvalue weighted by Crippen LogP contribution is 2.34. The zero-order chi connectivity index (χ0) is 25.8. The van der Waals surface area contributed by atoms with Crippen LogP contribution in [-0.4, -0.2) is 65.0 Å². The molecule has 17 heteroatoms. The minimum atomic E-state index is -4.42. The minimum absolute atomic E-state index is 0.000532. The van der Waals surface area contributed by atoms with Gasteiger partial charge >= 0.3 is 0 Å². The number of amides is 1. The molecule has 0 atom stereocenters. The number of anilines is 2. The molecule has 0 bridgehead atoms. The summed E-state index contributed by atoms with van der Waals surface area (Å²) >= 11 is 0.944. The molecule has 1 amide bonds. The van der Waals surface area contributed by atoms with Gasteiger partial charge in [0.25, 0.3) is 20.2 Å². The van der Waals surface area contributed by atoms with Crippen LogP contribution < -0.4 is 10.2 Å². The molecule has 2 aromatic heterocycles. The number of aromatic nitrogens is 3. The third kappa shape index (κ3) is 7.18. The van der Waals surface area contributed by atoms with Crippen molar-refractivity contribution in [3.63, 3.8) is 0 Å². The zero-order valence-electron chi connectivity index (χ0n) is 18.5. The van der Waals surface area contributed by atoms with Gasteiger partial charge in [-0.2, -0.15) is 21.2 Å². The van der Waals surface area contributed by atoms with Crippen LogP contribution in [0.25, 0.3) is 10.9 Å². The fourth-order valence-corrected chi connectivity index (χ4v) is 4.64. The summed E-state index contributed by atoms with van der Waals surface area (Å²) < 4.78 is 67.2. The standard InChI is InChI=1S/C18H21N7O7S3/c1-3-25(7-4-8-34(27,28)29)15-10-19-16(17(21-15)20-11(2)26)22-23-18-13-9-12(35(30,31)32)5-6-14(13)24-33-18/h5-6,9-10H,3-4,7-8H2,1-2H3,(H,20,21,26)(H,27,28,29)(H,30,31,32). The van der Waals surface area contributed by atoms with Gasteiger partial charge in [-0.1, -0.05) is 0 Å². The fourth-order valence-electron chi connectivity index (χ4n) is 2.96.